The molecule has 110 valence electrons. The van der Waals surface area contributed by atoms with Crippen LogP contribution in [0.3, 0.4) is 0 Å². The number of nitrogens with one attached hydrogen (secondary N) is 1. The molecule has 1 saturated carbocycles. The highest BCUT2D eigenvalue weighted by atomic mass is 16.2. The zero-order valence-corrected chi connectivity index (χ0v) is 12.2. The van der Waals surface area contributed by atoms with E-state index in [-0.39, 0.29) is 5.91 Å². The van der Waals surface area contributed by atoms with Crippen LogP contribution in [-0.2, 0) is 11.8 Å². The van der Waals surface area contributed by atoms with Gasteiger partial charge in [0.15, 0.2) is 0 Å². The molecule has 0 spiro atoms. The average Bonchev–Trinajstić information content (AvgIpc) is 3.19. The lowest BCUT2D eigenvalue weighted by molar-refractivity contribution is -0.131. The van der Waals surface area contributed by atoms with Crippen LogP contribution in [0, 0.1) is 5.92 Å². The average molecular weight is 276 g/mol. The summed E-state index contributed by atoms with van der Waals surface area (Å²) in [5.41, 5.74) is 1.30. The van der Waals surface area contributed by atoms with Gasteiger partial charge < -0.3 is 10.2 Å². The number of hydrogen-bond acceptors (Lipinski definition) is 3. The quantitative estimate of drug-likeness (QED) is 0.877. The molecule has 1 aliphatic heterocycles. The zero-order chi connectivity index (χ0) is 13.9. The Balaban J connectivity index is 1.43. The Morgan fingerprint density at radius 2 is 2.10 bits per heavy atom. The normalized spacial score (nSPS) is 20.4. The van der Waals surface area contributed by atoms with Gasteiger partial charge in [-0.05, 0) is 44.2 Å². The minimum atomic E-state index is 0.258. The third kappa shape index (κ3) is 3.20. The number of likely N-dealkylation sites (tertiary alicyclic amines) is 1. The Morgan fingerprint density at radius 3 is 2.70 bits per heavy atom. The third-order valence-corrected chi connectivity index (χ3v) is 4.53. The molecule has 0 aromatic carbocycles. The number of aromatic nitrogens is 2. The molecule has 1 N–H and O–H groups in total. The molecule has 0 atom stereocenters. The molecule has 1 aromatic rings. The molecule has 5 heteroatoms. The maximum Gasteiger partial charge on any atom is 0.236 e. The topological polar surface area (TPSA) is 50.2 Å². The van der Waals surface area contributed by atoms with Crippen molar-refractivity contribution in [2.75, 3.05) is 26.2 Å². The van der Waals surface area contributed by atoms with Gasteiger partial charge in [0.25, 0.3) is 0 Å². The fourth-order valence-corrected chi connectivity index (χ4v) is 3.03. The van der Waals surface area contributed by atoms with Crippen molar-refractivity contribution in [2.24, 2.45) is 13.0 Å². The van der Waals surface area contributed by atoms with Crippen LogP contribution in [0.1, 0.15) is 37.3 Å². The first-order chi connectivity index (χ1) is 9.74. The Hall–Kier alpha value is -1.36. The second-order valence-corrected chi connectivity index (χ2v) is 6.11. The van der Waals surface area contributed by atoms with Gasteiger partial charge in [-0.25, -0.2) is 0 Å². The molecule has 0 bridgehead atoms. The summed E-state index contributed by atoms with van der Waals surface area (Å²) in [4.78, 5) is 14.1. The molecule has 2 aliphatic rings. The standard InChI is InChI=1S/C15H24N4O/c1-18-14(4-7-17-18)13-5-8-19(9-6-13)15(20)11-16-10-12-2-3-12/h4,7,12-13,16H,2-3,5-6,8-11H2,1H3. The lowest BCUT2D eigenvalue weighted by Crippen LogP contribution is -2.43. The lowest BCUT2D eigenvalue weighted by Gasteiger charge is -2.32. The van der Waals surface area contributed by atoms with E-state index >= 15 is 0 Å². The second-order valence-electron chi connectivity index (χ2n) is 6.11. The van der Waals surface area contributed by atoms with Crippen LogP contribution in [0.2, 0.25) is 0 Å². The molecule has 1 saturated heterocycles. The van der Waals surface area contributed by atoms with E-state index < -0.39 is 0 Å². The molecule has 20 heavy (non-hydrogen) atoms. The van der Waals surface area contributed by atoms with Gasteiger partial charge in [0.05, 0.1) is 6.54 Å². The molecule has 5 nitrogen and oxygen atoms in total. The molecule has 1 aliphatic carbocycles. The summed E-state index contributed by atoms with van der Waals surface area (Å²) in [5, 5.41) is 7.52. The molecule has 1 aromatic heterocycles. The largest absolute Gasteiger partial charge is 0.342 e. The van der Waals surface area contributed by atoms with E-state index in [1.807, 2.05) is 22.8 Å². The highest BCUT2D eigenvalue weighted by molar-refractivity contribution is 5.78. The predicted molar refractivity (Wildman–Crippen MR) is 77.4 cm³/mol. The van der Waals surface area contributed by atoms with E-state index in [1.165, 1.54) is 18.5 Å². The summed E-state index contributed by atoms with van der Waals surface area (Å²) in [7, 11) is 1.99. The molecular formula is C15H24N4O. The summed E-state index contributed by atoms with van der Waals surface area (Å²) in [6, 6.07) is 2.10. The summed E-state index contributed by atoms with van der Waals surface area (Å²) in [6.07, 6.45) is 6.62. The number of nitrogens with zero attached hydrogens (tertiary/aromatic N) is 3. The van der Waals surface area contributed by atoms with Crippen molar-refractivity contribution in [1.82, 2.24) is 20.0 Å². The SMILES string of the molecule is Cn1nccc1C1CCN(C(=O)CNCC2CC2)CC1. The Kier molecular flexibility index (Phi) is 4.05. The van der Waals surface area contributed by atoms with Crippen molar-refractivity contribution in [2.45, 2.75) is 31.6 Å². The first-order valence-corrected chi connectivity index (χ1v) is 7.70. The van der Waals surface area contributed by atoms with E-state index in [4.69, 9.17) is 0 Å². The van der Waals surface area contributed by atoms with Crippen LogP contribution < -0.4 is 5.32 Å². The van der Waals surface area contributed by atoms with Crippen molar-refractivity contribution < 1.29 is 4.79 Å². The van der Waals surface area contributed by atoms with Gasteiger partial charge >= 0.3 is 0 Å². The van der Waals surface area contributed by atoms with Crippen LogP contribution in [0.25, 0.3) is 0 Å². The van der Waals surface area contributed by atoms with E-state index in [0.29, 0.717) is 12.5 Å². The summed E-state index contributed by atoms with van der Waals surface area (Å²) >= 11 is 0. The van der Waals surface area contributed by atoms with Crippen LogP contribution in [0.4, 0.5) is 0 Å². The molecule has 2 fully saturated rings. The maximum atomic E-state index is 12.1. The van der Waals surface area contributed by atoms with Crippen molar-refractivity contribution in [1.29, 1.82) is 0 Å². The Labute approximate surface area is 120 Å². The molecule has 0 unspecified atom stereocenters. The van der Waals surface area contributed by atoms with E-state index in [9.17, 15) is 4.79 Å². The Bertz CT molecular complexity index is 458. The smallest absolute Gasteiger partial charge is 0.236 e. The van der Waals surface area contributed by atoms with Gasteiger partial charge in [0.2, 0.25) is 5.91 Å². The van der Waals surface area contributed by atoms with Crippen LogP contribution in [0.5, 0.6) is 0 Å². The highest BCUT2D eigenvalue weighted by Crippen LogP contribution is 2.28. The molecular weight excluding hydrogens is 252 g/mol. The van der Waals surface area contributed by atoms with Crippen molar-refractivity contribution in [3.63, 3.8) is 0 Å². The predicted octanol–water partition coefficient (Wildman–Crippen LogP) is 1.13. The highest BCUT2D eigenvalue weighted by Gasteiger charge is 2.26. The number of piperidine rings is 1. The number of carbonyl (C=O) groups excluding carboxylic acids is 1. The number of aryl methyl sites for hydroxylation is 1. The number of carbonyl (C=O) groups is 1. The summed E-state index contributed by atoms with van der Waals surface area (Å²) in [6.45, 7) is 3.27. The number of rotatable bonds is 5. The fraction of sp³-hybridized carbons (Fsp3) is 0.733. The molecule has 2 heterocycles. The number of hydrogen-bond donors (Lipinski definition) is 1. The van der Waals surface area contributed by atoms with E-state index in [0.717, 1.165) is 38.4 Å². The van der Waals surface area contributed by atoms with Crippen molar-refractivity contribution in [3.05, 3.63) is 18.0 Å². The van der Waals surface area contributed by atoms with Crippen molar-refractivity contribution in [3.8, 4) is 0 Å². The van der Waals surface area contributed by atoms with Crippen molar-refractivity contribution >= 4 is 5.91 Å². The van der Waals surface area contributed by atoms with Gasteiger partial charge in [0, 0.05) is 37.9 Å². The third-order valence-electron chi connectivity index (χ3n) is 4.53. The number of amides is 1. The van der Waals surface area contributed by atoms with Gasteiger partial charge in [-0.3, -0.25) is 9.48 Å². The summed E-state index contributed by atoms with van der Waals surface area (Å²) in [5.74, 6) is 1.64. The second kappa shape index (κ2) is 5.95. The molecule has 3 rings (SSSR count). The van der Waals surface area contributed by atoms with Crippen LogP contribution >= 0.6 is 0 Å². The minimum absolute atomic E-state index is 0.258. The minimum Gasteiger partial charge on any atom is -0.342 e. The maximum absolute atomic E-state index is 12.1. The van der Waals surface area contributed by atoms with Gasteiger partial charge in [-0.15, -0.1) is 0 Å². The Morgan fingerprint density at radius 1 is 1.35 bits per heavy atom. The van der Waals surface area contributed by atoms with E-state index in [2.05, 4.69) is 16.5 Å². The summed E-state index contributed by atoms with van der Waals surface area (Å²) < 4.78 is 1.96. The first kappa shape index (κ1) is 13.6. The van der Waals surface area contributed by atoms with Crippen LogP contribution in [-0.4, -0.2) is 46.8 Å². The van der Waals surface area contributed by atoms with Gasteiger partial charge in [-0.2, -0.15) is 5.10 Å². The lowest BCUT2D eigenvalue weighted by atomic mass is 9.93. The zero-order valence-electron chi connectivity index (χ0n) is 12.2. The molecule has 0 radical (unpaired) electrons. The fourth-order valence-electron chi connectivity index (χ4n) is 3.03. The monoisotopic (exact) mass is 276 g/mol. The van der Waals surface area contributed by atoms with E-state index in [1.54, 1.807) is 0 Å². The first-order valence-electron chi connectivity index (χ1n) is 7.70. The van der Waals surface area contributed by atoms with Gasteiger partial charge in [-0.1, -0.05) is 0 Å². The van der Waals surface area contributed by atoms with Gasteiger partial charge in [0.1, 0.15) is 0 Å². The van der Waals surface area contributed by atoms with Crippen LogP contribution in [0.15, 0.2) is 12.3 Å². The molecule has 1 amide bonds.